The Morgan fingerprint density at radius 1 is 1.30 bits per heavy atom. The van der Waals surface area contributed by atoms with E-state index in [2.05, 4.69) is 20.7 Å². The van der Waals surface area contributed by atoms with Gasteiger partial charge in [0, 0.05) is 13.2 Å². The first-order valence-electron chi connectivity index (χ1n) is 7.01. The molecule has 0 radical (unpaired) electrons. The Hall–Kier alpha value is -1.44. The van der Waals surface area contributed by atoms with E-state index in [1.54, 1.807) is 13.2 Å². The summed E-state index contributed by atoms with van der Waals surface area (Å²) in [4.78, 5) is 8.57. The third-order valence-electron chi connectivity index (χ3n) is 3.51. The number of nitrogens with one attached hydrogen (secondary N) is 2. The highest BCUT2D eigenvalue weighted by molar-refractivity contribution is 5.47. The Morgan fingerprint density at radius 3 is 2.80 bits per heavy atom. The highest BCUT2D eigenvalue weighted by Crippen LogP contribution is 2.22. The number of hydrogen-bond donors (Lipinski definition) is 4. The predicted octanol–water partition coefficient (Wildman–Crippen LogP) is 1.01. The minimum absolute atomic E-state index is 0.0217. The van der Waals surface area contributed by atoms with E-state index >= 15 is 0 Å². The third kappa shape index (κ3) is 4.03. The molecule has 5 N–H and O–H groups in total. The van der Waals surface area contributed by atoms with Crippen LogP contribution in [0, 0.1) is 0 Å². The lowest BCUT2D eigenvalue weighted by Gasteiger charge is -2.22. The molecule has 1 saturated carbocycles. The molecule has 20 heavy (non-hydrogen) atoms. The van der Waals surface area contributed by atoms with Crippen molar-refractivity contribution in [1.82, 2.24) is 9.97 Å². The predicted molar refractivity (Wildman–Crippen MR) is 77.1 cm³/mol. The quantitative estimate of drug-likeness (QED) is 0.362. The van der Waals surface area contributed by atoms with Crippen LogP contribution in [0.4, 0.5) is 11.6 Å². The molecule has 1 aromatic rings. The van der Waals surface area contributed by atoms with Gasteiger partial charge in [0.1, 0.15) is 18.2 Å². The molecule has 1 fully saturated rings. The molecule has 2 rings (SSSR count). The zero-order valence-corrected chi connectivity index (χ0v) is 11.8. The first-order chi connectivity index (χ1) is 9.72. The molecule has 7 heteroatoms. The molecular formula is C13H23N5O2. The van der Waals surface area contributed by atoms with E-state index in [-0.39, 0.29) is 12.1 Å². The van der Waals surface area contributed by atoms with Gasteiger partial charge in [-0.25, -0.2) is 15.8 Å². The highest BCUT2D eigenvalue weighted by Gasteiger charge is 2.22. The van der Waals surface area contributed by atoms with Crippen molar-refractivity contribution in [2.75, 3.05) is 17.9 Å². The second kappa shape index (κ2) is 7.37. The minimum Gasteiger partial charge on any atom is -0.391 e. The molecule has 1 aromatic heterocycles. The van der Waals surface area contributed by atoms with Crippen molar-refractivity contribution in [3.8, 4) is 0 Å². The lowest BCUT2D eigenvalue weighted by atomic mass is 10.1. The van der Waals surface area contributed by atoms with Gasteiger partial charge >= 0.3 is 0 Å². The van der Waals surface area contributed by atoms with Gasteiger partial charge in [0.2, 0.25) is 0 Å². The van der Waals surface area contributed by atoms with Crippen LogP contribution in [-0.2, 0) is 11.3 Å². The number of nitrogen functional groups attached to an aromatic ring is 1. The molecule has 7 nitrogen and oxygen atoms in total. The maximum Gasteiger partial charge on any atom is 0.158 e. The Labute approximate surface area is 118 Å². The molecule has 0 amide bonds. The molecule has 2 unspecified atom stereocenters. The molecule has 0 bridgehead atoms. The summed E-state index contributed by atoms with van der Waals surface area (Å²) in [5.74, 6) is 7.14. The summed E-state index contributed by atoms with van der Waals surface area (Å²) in [6, 6.07) is 1.75. The maximum atomic E-state index is 10.1. The fourth-order valence-electron chi connectivity index (χ4n) is 2.49. The number of hydrazine groups is 1. The number of aliphatic hydroxyl groups excluding tert-OH is 1. The van der Waals surface area contributed by atoms with Gasteiger partial charge in [-0.1, -0.05) is 19.3 Å². The Balaban J connectivity index is 2.12. The standard InChI is InChI=1S/C13H23N5O2/c1-20-8-13-16-11(7-12(17-13)18-14)15-9-5-3-2-4-6-10(9)19/h7,9-10,19H,2-6,8,14H2,1H3,(H2,15,16,17,18). The largest absolute Gasteiger partial charge is 0.391 e. The zero-order valence-electron chi connectivity index (χ0n) is 11.8. The summed E-state index contributed by atoms with van der Waals surface area (Å²) in [7, 11) is 1.59. The van der Waals surface area contributed by atoms with Crippen molar-refractivity contribution in [2.24, 2.45) is 5.84 Å². The summed E-state index contributed by atoms with van der Waals surface area (Å²) >= 11 is 0. The summed E-state index contributed by atoms with van der Waals surface area (Å²) < 4.78 is 5.04. The van der Waals surface area contributed by atoms with Crippen LogP contribution >= 0.6 is 0 Å². The van der Waals surface area contributed by atoms with Gasteiger partial charge in [0.15, 0.2) is 5.82 Å². The Morgan fingerprint density at radius 2 is 2.05 bits per heavy atom. The van der Waals surface area contributed by atoms with Crippen molar-refractivity contribution in [2.45, 2.75) is 50.9 Å². The van der Waals surface area contributed by atoms with Gasteiger partial charge in [-0.2, -0.15) is 0 Å². The number of rotatable bonds is 5. The summed E-state index contributed by atoms with van der Waals surface area (Å²) in [5.41, 5.74) is 2.52. The molecule has 0 spiro atoms. The fourth-order valence-corrected chi connectivity index (χ4v) is 2.49. The minimum atomic E-state index is -0.340. The number of aromatic nitrogens is 2. The van der Waals surface area contributed by atoms with Crippen LogP contribution in [0.2, 0.25) is 0 Å². The number of nitrogens with zero attached hydrogens (tertiary/aromatic N) is 2. The molecule has 1 aliphatic rings. The molecule has 0 aliphatic heterocycles. The van der Waals surface area contributed by atoms with Crippen LogP contribution < -0.4 is 16.6 Å². The van der Waals surface area contributed by atoms with Crippen LogP contribution in [0.15, 0.2) is 6.07 Å². The molecule has 2 atom stereocenters. The van der Waals surface area contributed by atoms with Crippen molar-refractivity contribution < 1.29 is 9.84 Å². The number of aliphatic hydroxyl groups is 1. The van der Waals surface area contributed by atoms with Crippen molar-refractivity contribution in [3.05, 3.63) is 11.9 Å². The molecule has 1 aliphatic carbocycles. The number of hydrogen-bond acceptors (Lipinski definition) is 7. The van der Waals surface area contributed by atoms with Gasteiger partial charge in [-0.3, -0.25) is 0 Å². The lowest BCUT2D eigenvalue weighted by molar-refractivity contribution is 0.144. The average Bonchev–Trinajstić information content (AvgIpc) is 2.64. The first-order valence-corrected chi connectivity index (χ1v) is 7.01. The van der Waals surface area contributed by atoms with Gasteiger partial charge < -0.3 is 20.6 Å². The third-order valence-corrected chi connectivity index (χ3v) is 3.51. The Kier molecular flexibility index (Phi) is 5.51. The fraction of sp³-hybridized carbons (Fsp3) is 0.692. The highest BCUT2D eigenvalue weighted by atomic mass is 16.5. The maximum absolute atomic E-state index is 10.1. The smallest absolute Gasteiger partial charge is 0.158 e. The van der Waals surface area contributed by atoms with E-state index in [0.717, 1.165) is 25.7 Å². The summed E-state index contributed by atoms with van der Waals surface area (Å²) in [6.45, 7) is 0.317. The van der Waals surface area contributed by atoms with Gasteiger partial charge in [0.05, 0.1) is 12.1 Å². The van der Waals surface area contributed by atoms with E-state index in [4.69, 9.17) is 10.6 Å². The van der Waals surface area contributed by atoms with Crippen LogP contribution in [0.3, 0.4) is 0 Å². The number of nitrogens with two attached hydrogens (primary N) is 1. The van der Waals surface area contributed by atoms with Gasteiger partial charge in [-0.05, 0) is 12.8 Å². The average molecular weight is 281 g/mol. The second-order valence-electron chi connectivity index (χ2n) is 5.09. The topological polar surface area (TPSA) is 105 Å². The van der Waals surface area contributed by atoms with Crippen LogP contribution in [0.25, 0.3) is 0 Å². The monoisotopic (exact) mass is 281 g/mol. The molecule has 1 heterocycles. The van der Waals surface area contributed by atoms with Crippen molar-refractivity contribution in [1.29, 1.82) is 0 Å². The zero-order chi connectivity index (χ0) is 14.4. The summed E-state index contributed by atoms with van der Waals surface area (Å²) in [6.07, 6.45) is 4.79. The van der Waals surface area contributed by atoms with Crippen molar-refractivity contribution in [3.63, 3.8) is 0 Å². The number of anilines is 2. The second-order valence-corrected chi connectivity index (χ2v) is 5.09. The van der Waals surface area contributed by atoms with Crippen molar-refractivity contribution >= 4 is 11.6 Å². The van der Waals surface area contributed by atoms with Crippen LogP contribution in [-0.4, -0.2) is 34.3 Å². The van der Waals surface area contributed by atoms with E-state index in [1.165, 1.54) is 6.42 Å². The number of ether oxygens (including phenoxy) is 1. The molecule has 0 aromatic carbocycles. The van der Waals surface area contributed by atoms with Gasteiger partial charge in [-0.15, -0.1) is 0 Å². The SMILES string of the molecule is COCc1nc(NN)cc(NC2CCCCCC2O)n1. The first kappa shape index (κ1) is 15.0. The van der Waals surface area contributed by atoms with Gasteiger partial charge in [0.25, 0.3) is 0 Å². The van der Waals surface area contributed by atoms with E-state index in [1.807, 2.05) is 0 Å². The van der Waals surface area contributed by atoms with Crippen LogP contribution in [0.5, 0.6) is 0 Å². The number of methoxy groups -OCH3 is 1. The Bertz CT molecular complexity index is 429. The molecule has 112 valence electrons. The molecular weight excluding hydrogens is 258 g/mol. The van der Waals surface area contributed by atoms with Crippen LogP contribution in [0.1, 0.15) is 37.9 Å². The van der Waals surface area contributed by atoms with E-state index < -0.39 is 0 Å². The van der Waals surface area contributed by atoms with E-state index in [9.17, 15) is 5.11 Å². The summed E-state index contributed by atoms with van der Waals surface area (Å²) in [5, 5.41) is 13.4. The lowest BCUT2D eigenvalue weighted by Crippen LogP contribution is -2.33. The normalized spacial score (nSPS) is 23.1. The van der Waals surface area contributed by atoms with E-state index in [0.29, 0.717) is 24.1 Å². The molecule has 0 saturated heterocycles.